The van der Waals surface area contributed by atoms with E-state index in [9.17, 15) is 9.59 Å². The standard InChI is InChI=1S/C34H45NO7/c1-24(41-22-34-18-16-30(17-19-34)42-23-34)31(35-33(37)40-20-25-6-4-3-5-7-25)21-39-29-14-12-27(13-15-29)26-8-10-28(11-9-26)32(36)38-2/h3-11,24,27,29-31H,12-23H2,1-2H3,(H,35,37)/t24-,27?,29?,30?,31-,34?/m1/s1. The van der Waals surface area contributed by atoms with Gasteiger partial charge < -0.3 is 29.0 Å². The van der Waals surface area contributed by atoms with E-state index in [0.717, 1.165) is 63.5 Å². The molecule has 1 N–H and O–H groups in total. The van der Waals surface area contributed by atoms with Crippen molar-refractivity contribution in [3.05, 3.63) is 71.3 Å². The lowest BCUT2D eigenvalue weighted by molar-refractivity contribution is -0.152. The molecule has 0 aromatic heterocycles. The van der Waals surface area contributed by atoms with Crippen LogP contribution in [0.2, 0.25) is 0 Å². The summed E-state index contributed by atoms with van der Waals surface area (Å²) in [6.07, 6.45) is 8.18. The lowest BCUT2D eigenvalue weighted by Gasteiger charge is -2.46. The van der Waals surface area contributed by atoms with Crippen molar-refractivity contribution >= 4 is 12.1 Å². The Morgan fingerprint density at radius 1 is 0.976 bits per heavy atom. The molecule has 2 saturated heterocycles. The summed E-state index contributed by atoms with van der Waals surface area (Å²) in [5.41, 5.74) is 2.83. The van der Waals surface area contributed by atoms with Gasteiger partial charge in [0, 0.05) is 5.41 Å². The predicted octanol–water partition coefficient (Wildman–Crippen LogP) is 6.18. The van der Waals surface area contributed by atoms with Crippen molar-refractivity contribution in [3.8, 4) is 0 Å². The second kappa shape index (κ2) is 14.5. The number of rotatable bonds is 12. The fourth-order valence-electron chi connectivity index (χ4n) is 6.44. The highest BCUT2D eigenvalue weighted by Gasteiger charge is 2.42. The van der Waals surface area contributed by atoms with E-state index >= 15 is 0 Å². The van der Waals surface area contributed by atoms with E-state index in [-0.39, 0.29) is 36.2 Å². The Morgan fingerprint density at radius 2 is 1.69 bits per heavy atom. The number of esters is 1. The molecule has 42 heavy (non-hydrogen) atoms. The Morgan fingerprint density at radius 3 is 2.33 bits per heavy atom. The van der Waals surface area contributed by atoms with E-state index in [0.29, 0.717) is 30.8 Å². The van der Waals surface area contributed by atoms with Crippen LogP contribution in [0.15, 0.2) is 54.6 Å². The Kier molecular flexibility index (Phi) is 10.5. The van der Waals surface area contributed by atoms with E-state index in [1.54, 1.807) is 0 Å². The first kappa shape index (κ1) is 30.5. The molecule has 2 aromatic carbocycles. The van der Waals surface area contributed by atoms with Gasteiger partial charge in [-0.1, -0.05) is 42.5 Å². The van der Waals surface area contributed by atoms with Gasteiger partial charge in [-0.3, -0.25) is 0 Å². The maximum atomic E-state index is 12.8. The molecule has 0 unspecified atom stereocenters. The number of alkyl carbamates (subject to hydrolysis) is 1. The van der Waals surface area contributed by atoms with Crippen LogP contribution >= 0.6 is 0 Å². The fourth-order valence-corrected chi connectivity index (χ4v) is 6.44. The van der Waals surface area contributed by atoms with E-state index < -0.39 is 6.09 Å². The third-order valence-corrected chi connectivity index (χ3v) is 9.34. The molecular weight excluding hydrogens is 534 g/mol. The minimum absolute atomic E-state index is 0.0790. The van der Waals surface area contributed by atoms with Crippen LogP contribution in [0.1, 0.15) is 85.7 Å². The number of carbonyl (C=O) groups excluding carboxylic acids is 2. The Hall–Kier alpha value is -2.94. The summed E-state index contributed by atoms with van der Waals surface area (Å²) < 4.78 is 29.1. The molecule has 2 atom stereocenters. The van der Waals surface area contributed by atoms with E-state index in [1.807, 2.05) is 61.5 Å². The van der Waals surface area contributed by atoms with Crippen LogP contribution < -0.4 is 5.32 Å². The van der Waals surface area contributed by atoms with E-state index in [4.69, 9.17) is 23.7 Å². The highest BCUT2D eigenvalue weighted by molar-refractivity contribution is 5.89. The van der Waals surface area contributed by atoms with Gasteiger partial charge in [-0.25, -0.2) is 9.59 Å². The monoisotopic (exact) mass is 579 g/mol. The molecule has 2 heterocycles. The summed E-state index contributed by atoms with van der Waals surface area (Å²) in [5.74, 6) is 0.121. The van der Waals surface area contributed by atoms with Gasteiger partial charge in [0.05, 0.1) is 56.8 Å². The molecule has 228 valence electrons. The van der Waals surface area contributed by atoms with E-state index in [1.165, 1.54) is 12.7 Å². The van der Waals surface area contributed by atoms with Crippen LogP contribution in [-0.4, -0.2) is 63.3 Å². The SMILES string of the molecule is COC(=O)c1ccc(C2CCC(OC[C@@H](NC(=O)OCc3ccccc3)[C@@H](C)OCC34CCC(CC3)OC4)CC2)cc1. The number of nitrogens with one attached hydrogen (secondary N) is 1. The van der Waals surface area contributed by atoms with Gasteiger partial charge in [-0.15, -0.1) is 0 Å². The first-order chi connectivity index (χ1) is 20.4. The number of benzene rings is 2. The molecule has 0 spiro atoms. The summed E-state index contributed by atoms with van der Waals surface area (Å²) in [4.78, 5) is 24.6. The Labute approximate surface area is 249 Å². The molecule has 2 aliphatic carbocycles. The molecule has 8 heteroatoms. The molecule has 8 nitrogen and oxygen atoms in total. The topological polar surface area (TPSA) is 92.3 Å². The van der Waals surface area contributed by atoms with Gasteiger partial charge in [-0.05, 0) is 87.5 Å². The maximum absolute atomic E-state index is 12.8. The van der Waals surface area contributed by atoms with Crippen molar-refractivity contribution in [3.63, 3.8) is 0 Å². The number of carbonyl (C=O) groups is 2. The number of hydrogen-bond donors (Lipinski definition) is 1. The Balaban J connectivity index is 1.13. The second-order valence-corrected chi connectivity index (χ2v) is 12.3. The molecule has 2 aliphatic heterocycles. The largest absolute Gasteiger partial charge is 0.465 e. The van der Waals surface area contributed by atoms with Gasteiger partial charge in [0.15, 0.2) is 0 Å². The molecule has 1 amide bonds. The van der Waals surface area contributed by atoms with Crippen LogP contribution in [0.4, 0.5) is 4.79 Å². The van der Waals surface area contributed by atoms with Crippen LogP contribution in [0.3, 0.4) is 0 Å². The molecule has 4 aliphatic rings. The maximum Gasteiger partial charge on any atom is 0.407 e. The highest BCUT2D eigenvalue weighted by Crippen LogP contribution is 2.43. The van der Waals surface area contributed by atoms with Crippen molar-refractivity contribution in [2.24, 2.45) is 5.41 Å². The highest BCUT2D eigenvalue weighted by atomic mass is 16.6. The van der Waals surface area contributed by atoms with E-state index in [2.05, 4.69) is 5.32 Å². The first-order valence-corrected chi connectivity index (χ1v) is 15.4. The van der Waals surface area contributed by atoms with Gasteiger partial charge in [0.2, 0.25) is 0 Å². The number of hydrogen-bond acceptors (Lipinski definition) is 7. The van der Waals surface area contributed by atoms with Crippen molar-refractivity contribution in [1.82, 2.24) is 5.32 Å². The van der Waals surface area contributed by atoms with Crippen molar-refractivity contribution in [2.45, 2.75) is 95.2 Å². The first-order valence-electron chi connectivity index (χ1n) is 15.4. The molecule has 2 saturated carbocycles. The average molecular weight is 580 g/mol. The molecule has 2 bridgehead atoms. The number of amides is 1. The summed E-state index contributed by atoms with van der Waals surface area (Å²) in [6, 6.07) is 17.1. The molecule has 4 fully saturated rings. The predicted molar refractivity (Wildman–Crippen MR) is 158 cm³/mol. The van der Waals surface area contributed by atoms with Crippen molar-refractivity contribution in [2.75, 3.05) is 26.9 Å². The lowest BCUT2D eigenvalue weighted by Crippen LogP contribution is -2.50. The zero-order valence-electron chi connectivity index (χ0n) is 24.9. The van der Waals surface area contributed by atoms with Gasteiger partial charge in [0.1, 0.15) is 6.61 Å². The van der Waals surface area contributed by atoms with Crippen molar-refractivity contribution in [1.29, 1.82) is 0 Å². The van der Waals surface area contributed by atoms with Crippen LogP contribution in [0, 0.1) is 5.41 Å². The normalized spacial score (nSPS) is 26.7. The summed E-state index contributed by atoms with van der Waals surface area (Å²) in [7, 11) is 1.40. The van der Waals surface area contributed by atoms with Gasteiger partial charge >= 0.3 is 12.1 Å². The third kappa shape index (κ3) is 8.12. The van der Waals surface area contributed by atoms with Crippen molar-refractivity contribution < 1.29 is 33.3 Å². The van der Waals surface area contributed by atoms with Gasteiger partial charge in [0.25, 0.3) is 0 Å². The van der Waals surface area contributed by atoms with Crippen LogP contribution in [0.25, 0.3) is 0 Å². The second-order valence-electron chi connectivity index (χ2n) is 12.3. The number of methoxy groups -OCH3 is 1. The molecule has 2 aromatic rings. The number of ether oxygens (including phenoxy) is 5. The number of fused-ring (bicyclic) bond motifs is 3. The summed E-state index contributed by atoms with van der Waals surface area (Å²) in [5, 5.41) is 3.03. The zero-order valence-corrected chi connectivity index (χ0v) is 24.9. The Bertz CT molecular complexity index is 1120. The van der Waals surface area contributed by atoms with Gasteiger partial charge in [-0.2, -0.15) is 0 Å². The fraction of sp³-hybridized carbons (Fsp3) is 0.588. The molecule has 6 rings (SSSR count). The molecule has 0 radical (unpaired) electrons. The average Bonchev–Trinajstić information content (AvgIpc) is 3.06. The minimum Gasteiger partial charge on any atom is -0.465 e. The van der Waals surface area contributed by atoms with Crippen LogP contribution in [-0.2, 0) is 30.3 Å². The smallest absolute Gasteiger partial charge is 0.407 e. The molecular formula is C34H45NO7. The summed E-state index contributed by atoms with van der Waals surface area (Å²) >= 11 is 0. The zero-order chi connectivity index (χ0) is 29.4. The lowest BCUT2D eigenvalue weighted by atomic mass is 9.72. The van der Waals surface area contributed by atoms with Crippen LogP contribution in [0.5, 0.6) is 0 Å². The quantitative estimate of drug-likeness (QED) is 0.301. The summed E-state index contributed by atoms with van der Waals surface area (Å²) in [6.45, 7) is 3.95. The third-order valence-electron chi connectivity index (χ3n) is 9.34. The minimum atomic E-state index is -0.471.